The molecular formula is C19H19N5O3. The number of carboxylic acid groups (broad SMARTS) is 1. The molecule has 0 fully saturated rings. The number of hydrogen-bond acceptors (Lipinski definition) is 6. The third kappa shape index (κ3) is 3.52. The number of benzene rings is 1. The molecular weight excluding hydrogens is 346 g/mol. The molecule has 0 radical (unpaired) electrons. The van der Waals surface area contributed by atoms with Crippen LogP contribution in [0.15, 0.2) is 48.8 Å². The zero-order valence-corrected chi connectivity index (χ0v) is 14.8. The molecule has 1 atom stereocenters. The van der Waals surface area contributed by atoms with Crippen molar-refractivity contribution in [3.05, 3.63) is 66.0 Å². The quantitative estimate of drug-likeness (QED) is 0.741. The van der Waals surface area contributed by atoms with Gasteiger partial charge in [0.15, 0.2) is 0 Å². The summed E-state index contributed by atoms with van der Waals surface area (Å²) in [6, 6.07) is 10.6. The first-order chi connectivity index (χ1) is 13.1. The zero-order valence-electron chi connectivity index (χ0n) is 14.8. The highest BCUT2D eigenvalue weighted by atomic mass is 16.5. The summed E-state index contributed by atoms with van der Waals surface area (Å²) in [5, 5.41) is 17.9. The number of aromatic nitrogens is 4. The molecule has 8 nitrogen and oxygen atoms in total. The highest BCUT2D eigenvalue weighted by Crippen LogP contribution is 2.28. The van der Waals surface area contributed by atoms with Crippen molar-refractivity contribution in [3.8, 4) is 11.5 Å². The molecule has 138 valence electrons. The second kappa shape index (κ2) is 7.16. The Balaban J connectivity index is 1.60. The Bertz CT molecular complexity index is 957. The predicted molar refractivity (Wildman–Crippen MR) is 96.2 cm³/mol. The maximum atomic E-state index is 11.8. The minimum atomic E-state index is -0.862. The highest BCUT2D eigenvalue weighted by molar-refractivity contribution is 5.73. The van der Waals surface area contributed by atoms with Crippen LogP contribution in [0.2, 0.25) is 0 Å². The van der Waals surface area contributed by atoms with E-state index in [9.17, 15) is 9.90 Å². The monoisotopic (exact) mass is 365 g/mol. The van der Waals surface area contributed by atoms with E-state index in [-0.39, 0.29) is 0 Å². The average Bonchev–Trinajstić information content (AvgIpc) is 3.03. The fourth-order valence-electron chi connectivity index (χ4n) is 3.25. The summed E-state index contributed by atoms with van der Waals surface area (Å²) in [6.45, 7) is 3.01. The van der Waals surface area contributed by atoms with Crippen molar-refractivity contribution in [2.45, 2.75) is 32.6 Å². The van der Waals surface area contributed by atoms with Gasteiger partial charge in [-0.15, -0.1) is 10.2 Å². The lowest BCUT2D eigenvalue weighted by atomic mass is 10.1. The molecule has 1 unspecified atom stereocenters. The Labute approximate surface area is 156 Å². The van der Waals surface area contributed by atoms with Crippen molar-refractivity contribution >= 4 is 5.97 Å². The normalized spacial score (nSPS) is 16.7. The lowest BCUT2D eigenvalue weighted by molar-refractivity contribution is -0.145. The van der Waals surface area contributed by atoms with Crippen molar-refractivity contribution in [1.29, 1.82) is 0 Å². The largest absolute Gasteiger partial charge is 0.480 e. The molecule has 1 N–H and O–H groups in total. The maximum absolute atomic E-state index is 11.8. The van der Waals surface area contributed by atoms with Crippen LogP contribution in [0.1, 0.15) is 17.2 Å². The fraction of sp³-hybridized carbons (Fsp3) is 0.263. The molecule has 27 heavy (non-hydrogen) atoms. The van der Waals surface area contributed by atoms with E-state index >= 15 is 0 Å². The second-order valence-corrected chi connectivity index (χ2v) is 6.43. The molecule has 3 aromatic rings. The van der Waals surface area contributed by atoms with E-state index in [1.54, 1.807) is 18.5 Å². The summed E-state index contributed by atoms with van der Waals surface area (Å²) >= 11 is 0. The number of rotatable bonds is 5. The first-order valence-electron chi connectivity index (χ1n) is 8.63. The van der Waals surface area contributed by atoms with E-state index in [1.807, 2.05) is 46.7 Å². The number of carbonyl (C=O) groups is 1. The van der Waals surface area contributed by atoms with Crippen LogP contribution in [-0.4, -0.2) is 41.8 Å². The Morgan fingerprint density at radius 3 is 2.89 bits per heavy atom. The van der Waals surface area contributed by atoms with Gasteiger partial charge in [-0.25, -0.2) is 0 Å². The molecule has 0 aliphatic carbocycles. The number of hydrogen-bond donors (Lipinski definition) is 1. The number of ether oxygens (including phenoxy) is 1. The van der Waals surface area contributed by atoms with Gasteiger partial charge in [0.25, 0.3) is 0 Å². The van der Waals surface area contributed by atoms with Crippen LogP contribution in [0.3, 0.4) is 0 Å². The van der Waals surface area contributed by atoms with Gasteiger partial charge in [-0.2, -0.15) is 0 Å². The molecule has 0 amide bonds. The Hall–Kier alpha value is -3.26. The van der Waals surface area contributed by atoms with Crippen LogP contribution in [0, 0.1) is 6.92 Å². The van der Waals surface area contributed by atoms with E-state index in [0.717, 1.165) is 17.2 Å². The molecule has 1 aliphatic rings. The maximum Gasteiger partial charge on any atom is 0.322 e. The van der Waals surface area contributed by atoms with Crippen molar-refractivity contribution in [2.24, 2.45) is 0 Å². The lowest BCUT2D eigenvalue weighted by Gasteiger charge is -2.33. The van der Waals surface area contributed by atoms with Gasteiger partial charge in [-0.1, -0.05) is 18.2 Å². The summed E-state index contributed by atoms with van der Waals surface area (Å²) in [7, 11) is 0. The molecule has 1 aliphatic heterocycles. The van der Waals surface area contributed by atoms with Crippen molar-refractivity contribution in [2.75, 3.05) is 0 Å². The minimum Gasteiger partial charge on any atom is -0.480 e. The van der Waals surface area contributed by atoms with E-state index in [2.05, 4.69) is 15.2 Å². The standard InChI is InChI=1S/C19H19N5O3/c1-13-21-22-18-12-23(16(19(25)26)11-24(13)18)10-14-5-2-3-7-17(14)27-15-6-4-8-20-9-15/h2-9,16H,10-12H2,1H3,(H,25,26). The summed E-state index contributed by atoms with van der Waals surface area (Å²) < 4.78 is 7.82. The Kier molecular flexibility index (Phi) is 4.55. The molecule has 0 bridgehead atoms. The molecule has 0 saturated heterocycles. The molecule has 0 spiro atoms. The third-order valence-corrected chi connectivity index (χ3v) is 4.65. The Morgan fingerprint density at radius 1 is 1.26 bits per heavy atom. The van der Waals surface area contributed by atoms with Crippen LogP contribution in [0.5, 0.6) is 11.5 Å². The van der Waals surface area contributed by atoms with Gasteiger partial charge >= 0.3 is 5.97 Å². The van der Waals surface area contributed by atoms with E-state index in [4.69, 9.17) is 4.74 Å². The van der Waals surface area contributed by atoms with E-state index in [1.165, 1.54) is 0 Å². The number of nitrogens with zero attached hydrogens (tertiary/aromatic N) is 5. The number of fused-ring (bicyclic) bond motifs is 1. The topological polar surface area (TPSA) is 93.4 Å². The average molecular weight is 365 g/mol. The molecule has 2 aromatic heterocycles. The van der Waals surface area contributed by atoms with Crippen LogP contribution in [-0.2, 0) is 24.4 Å². The number of para-hydroxylation sites is 1. The molecule has 3 heterocycles. The number of carboxylic acids is 1. The van der Waals surface area contributed by atoms with Crippen molar-refractivity contribution in [3.63, 3.8) is 0 Å². The van der Waals surface area contributed by atoms with Crippen molar-refractivity contribution in [1.82, 2.24) is 24.6 Å². The van der Waals surface area contributed by atoms with Crippen LogP contribution in [0.4, 0.5) is 0 Å². The molecule has 0 saturated carbocycles. The molecule has 1 aromatic carbocycles. The molecule has 4 rings (SSSR count). The van der Waals surface area contributed by atoms with Gasteiger partial charge in [0.1, 0.15) is 29.2 Å². The predicted octanol–water partition coefficient (Wildman–Crippen LogP) is 2.24. The zero-order chi connectivity index (χ0) is 18.8. The van der Waals surface area contributed by atoms with Gasteiger partial charge in [0, 0.05) is 18.3 Å². The molecule has 8 heteroatoms. The number of aliphatic carboxylic acids is 1. The fourth-order valence-corrected chi connectivity index (χ4v) is 3.25. The summed E-state index contributed by atoms with van der Waals surface area (Å²) in [6.07, 6.45) is 3.32. The lowest BCUT2D eigenvalue weighted by Crippen LogP contribution is -2.47. The van der Waals surface area contributed by atoms with Gasteiger partial charge in [-0.05, 0) is 25.1 Å². The summed E-state index contributed by atoms with van der Waals surface area (Å²) in [4.78, 5) is 17.8. The van der Waals surface area contributed by atoms with Crippen LogP contribution in [0.25, 0.3) is 0 Å². The summed E-state index contributed by atoms with van der Waals surface area (Å²) in [5.41, 5.74) is 0.900. The Morgan fingerprint density at radius 2 is 2.11 bits per heavy atom. The van der Waals surface area contributed by atoms with Crippen LogP contribution < -0.4 is 4.74 Å². The van der Waals surface area contributed by atoms with E-state index < -0.39 is 12.0 Å². The van der Waals surface area contributed by atoms with Crippen LogP contribution >= 0.6 is 0 Å². The van der Waals surface area contributed by atoms with Gasteiger partial charge in [0.2, 0.25) is 0 Å². The minimum absolute atomic E-state index is 0.329. The first kappa shape index (κ1) is 17.2. The number of aryl methyl sites for hydroxylation is 1. The summed E-state index contributed by atoms with van der Waals surface area (Å²) in [5.74, 6) is 1.96. The smallest absolute Gasteiger partial charge is 0.322 e. The van der Waals surface area contributed by atoms with Gasteiger partial charge in [0.05, 0.1) is 19.3 Å². The SMILES string of the molecule is Cc1nnc2n1CC(C(=O)O)N(Cc1ccccc1Oc1cccnc1)C2. The second-order valence-electron chi connectivity index (χ2n) is 6.43. The van der Waals surface area contributed by atoms with Crippen molar-refractivity contribution < 1.29 is 14.6 Å². The van der Waals surface area contributed by atoms with Gasteiger partial charge in [-0.3, -0.25) is 14.7 Å². The highest BCUT2D eigenvalue weighted by Gasteiger charge is 2.33. The first-order valence-corrected chi connectivity index (χ1v) is 8.63. The van der Waals surface area contributed by atoms with Gasteiger partial charge < -0.3 is 14.4 Å². The van der Waals surface area contributed by atoms with E-state index in [0.29, 0.717) is 31.1 Å². The third-order valence-electron chi connectivity index (χ3n) is 4.65. The number of pyridine rings is 1.